The molecule has 1 saturated carbocycles. The van der Waals surface area contributed by atoms with Crippen LogP contribution in [0.2, 0.25) is 0 Å². The van der Waals surface area contributed by atoms with Crippen molar-refractivity contribution in [3.8, 4) is 0 Å². The van der Waals surface area contributed by atoms with Crippen molar-refractivity contribution in [2.75, 3.05) is 0 Å². The van der Waals surface area contributed by atoms with Crippen LogP contribution >= 0.6 is 0 Å². The van der Waals surface area contributed by atoms with Crippen LogP contribution in [-0.2, 0) is 0 Å². The Morgan fingerprint density at radius 1 is 1.15 bits per heavy atom. The molecule has 1 aliphatic carbocycles. The van der Waals surface area contributed by atoms with Crippen molar-refractivity contribution < 1.29 is 14.0 Å². The second-order valence-corrected chi connectivity index (χ2v) is 5.13. The quantitative estimate of drug-likeness (QED) is 0.731. The number of nitrogens with two attached hydrogens (primary N) is 1. The van der Waals surface area contributed by atoms with E-state index in [1.54, 1.807) is 0 Å². The van der Waals surface area contributed by atoms with Crippen LogP contribution in [0.4, 0.5) is 8.78 Å². The monoisotopic (exact) mass is 283 g/mol. The minimum atomic E-state index is -0.569. The van der Waals surface area contributed by atoms with E-state index >= 15 is 0 Å². The Morgan fingerprint density at radius 3 is 2.15 bits per heavy atom. The van der Waals surface area contributed by atoms with Crippen LogP contribution < -0.4 is 11.2 Å². The molecule has 1 aromatic rings. The van der Waals surface area contributed by atoms with Gasteiger partial charge in [-0.2, -0.15) is 0 Å². The molecule has 110 valence electrons. The van der Waals surface area contributed by atoms with Gasteiger partial charge in [-0.1, -0.05) is 6.42 Å². The summed E-state index contributed by atoms with van der Waals surface area (Å²) in [5.74, 6) is -0.582. The van der Waals surface area contributed by atoms with Crippen molar-refractivity contribution in [2.24, 2.45) is 10.7 Å². The van der Waals surface area contributed by atoms with E-state index in [2.05, 4.69) is 10.5 Å². The van der Waals surface area contributed by atoms with E-state index in [4.69, 9.17) is 10.9 Å². The Morgan fingerprint density at radius 2 is 1.80 bits per heavy atom. The normalized spacial score (nSPS) is 21.8. The summed E-state index contributed by atoms with van der Waals surface area (Å²) in [6.07, 6.45) is 5.00. The van der Waals surface area contributed by atoms with Crippen LogP contribution in [-0.4, -0.2) is 17.1 Å². The lowest BCUT2D eigenvalue weighted by atomic mass is 9.94. The topological polar surface area (TPSA) is 70.6 Å². The summed E-state index contributed by atoms with van der Waals surface area (Å²) >= 11 is 0. The zero-order valence-electron chi connectivity index (χ0n) is 11.1. The van der Waals surface area contributed by atoms with Crippen molar-refractivity contribution >= 4 is 5.84 Å². The van der Waals surface area contributed by atoms with Crippen LogP contribution in [0.25, 0.3) is 0 Å². The highest BCUT2D eigenvalue weighted by Crippen LogP contribution is 2.28. The van der Waals surface area contributed by atoms with Crippen LogP contribution in [0.3, 0.4) is 0 Å². The SMILES string of the molecule is NC1=N[C@H](c2cc(F)cc(F)c2)CC1.ONC1CCC1. The molecule has 2 aliphatic rings. The van der Waals surface area contributed by atoms with Gasteiger partial charge in [0, 0.05) is 18.5 Å². The number of amidine groups is 1. The first-order valence-corrected chi connectivity index (χ1v) is 6.76. The summed E-state index contributed by atoms with van der Waals surface area (Å²) in [5.41, 5.74) is 8.26. The zero-order valence-corrected chi connectivity index (χ0v) is 11.1. The highest BCUT2D eigenvalue weighted by Gasteiger charge is 2.18. The number of nitrogens with one attached hydrogen (secondary N) is 1. The average molecular weight is 283 g/mol. The molecule has 0 spiro atoms. The Bertz CT molecular complexity index is 466. The van der Waals surface area contributed by atoms with E-state index in [1.807, 2.05) is 0 Å². The summed E-state index contributed by atoms with van der Waals surface area (Å²) in [5, 5.41) is 8.14. The van der Waals surface area contributed by atoms with Crippen LogP contribution in [0.15, 0.2) is 23.2 Å². The lowest BCUT2D eigenvalue weighted by Crippen LogP contribution is -2.32. The molecule has 1 aromatic carbocycles. The fourth-order valence-corrected chi connectivity index (χ4v) is 2.16. The van der Waals surface area contributed by atoms with Gasteiger partial charge in [-0.25, -0.2) is 14.3 Å². The molecule has 6 heteroatoms. The number of hydrogen-bond donors (Lipinski definition) is 3. The maximum absolute atomic E-state index is 12.9. The van der Waals surface area contributed by atoms with Gasteiger partial charge >= 0.3 is 0 Å². The molecular weight excluding hydrogens is 264 g/mol. The summed E-state index contributed by atoms with van der Waals surface area (Å²) in [6.45, 7) is 0. The number of hydrogen-bond acceptors (Lipinski definition) is 4. The zero-order chi connectivity index (χ0) is 14.5. The molecule has 0 amide bonds. The summed E-state index contributed by atoms with van der Waals surface area (Å²) in [6, 6.07) is 3.70. The number of nitrogens with zero attached hydrogens (tertiary/aromatic N) is 1. The van der Waals surface area contributed by atoms with E-state index in [0.717, 1.165) is 25.3 Å². The smallest absolute Gasteiger partial charge is 0.126 e. The maximum atomic E-state index is 12.9. The predicted molar refractivity (Wildman–Crippen MR) is 72.5 cm³/mol. The minimum absolute atomic E-state index is 0.180. The molecule has 0 saturated heterocycles. The first-order chi connectivity index (χ1) is 9.58. The lowest BCUT2D eigenvalue weighted by Gasteiger charge is -2.22. The molecule has 4 nitrogen and oxygen atoms in total. The van der Waals surface area contributed by atoms with Gasteiger partial charge in [-0.05, 0) is 37.0 Å². The van der Waals surface area contributed by atoms with Crippen molar-refractivity contribution in [3.63, 3.8) is 0 Å². The second-order valence-electron chi connectivity index (χ2n) is 5.13. The minimum Gasteiger partial charge on any atom is -0.387 e. The van der Waals surface area contributed by atoms with Crippen LogP contribution in [0.1, 0.15) is 43.7 Å². The molecule has 3 rings (SSSR count). The molecule has 0 bridgehead atoms. The van der Waals surface area contributed by atoms with Crippen LogP contribution in [0.5, 0.6) is 0 Å². The molecule has 1 aliphatic heterocycles. The third-order valence-electron chi connectivity index (χ3n) is 3.55. The van der Waals surface area contributed by atoms with Crippen molar-refractivity contribution in [1.82, 2.24) is 5.48 Å². The van der Waals surface area contributed by atoms with Gasteiger partial charge in [0.2, 0.25) is 0 Å². The van der Waals surface area contributed by atoms with Gasteiger partial charge in [0.05, 0.1) is 11.9 Å². The second kappa shape index (κ2) is 6.76. The average Bonchev–Trinajstić information content (AvgIpc) is 2.74. The molecule has 1 atom stereocenters. The maximum Gasteiger partial charge on any atom is 0.126 e. The number of benzene rings is 1. The van der Waals surface area contributed by atoms with E-state index in [1.165, 1.54) is 18.6 Å². The van der Waals surface area contributed by atoms with E-state index in [-0.39, 0.29) is 6.04 Å². The summed E-state index contributed by atoms with van der Waals surface area (Å²) in [7, 11) is 0. The van der Waals surface area contributed by atoms with Gasteiger partial charge in [0.1, 0.15) is 11.6 Å². The van der Waals surface area contributed by atoms with E-state index in [0.29, 0.717) is 23.9 Å². The van der Waals surface area contributed by atoms with Gasteiger partial charge in [0.15, 0.2) is 0 Å². The number of aliphatic imine (C=N–C) groups is 1. The largest absolute Gasteiger partial charge is 0.387 e. The molecule has 1 fully saturated rings. The van der Waals surface area contributed by atoms with Crippen molar-refractivity contribution in [3.05, 3.63) is 35.4 Å². The Balaban J connectivity index is 0.000000205. The fraction of sp³-hybridized carbons (Fsp3) is 0.500. The first-order valence-electron chi connectivity index (χ1n) is 6.76. The molecular formula is C14H19F2N3O. The van der Waals surface area contributed by atoms with Crippen molar-refractivity contribution in [2.45, 2.75) is 44.2 Å². The Hall–Kier alpha value is -1.53. The van der Waals surface area contributed by atoms with Gasteiger partial charge in [0.25, 0.3) is 0 Å². The molecule has 1 heterocycles. The number of halogens is 2. The number of hydroxylamine groups is 1. The van der Waals surface area contributed by atoms with Gasteiger partial charge < -0.3 is 10.9 Å². The molecule has 0 unspecified atom stereocenters. The molecule has 0 radical (unpaired) electrons. The lowest BCUT2D eigenvalue weighted by molar-refractivity contribution is 0.0893. The van der Waals surface area contributed by atoms with Crippen LogP contribution in [0, 0.1) is 11.6 Å². The third-order valence-corrected chi connectivity index (χ3v) is 3.55. The van der Waals surface area contributed by atoms with E-state index < -0.39 is 11.6 Å². The van der Waals surface area contributed by atoms with Gasteiger partial charge in [-0.3, -0.25) is 4.99 Å². The fourth-order valence-electron chi connectivity index (χ4n) is 2.16. The van der Waals surface area contributed by atoms with E-state index in [9.17, 15) is 8.78 Å². The number of rotatable bonds is 2. The predicted octanol–water partition coefficient (Wildman–Crippen LogP) is 2.67. The van der Waals surface area contributed by atoms with Gasteiger partial charge in [-0.15, -0.1) is 0 Å². The Labute approximate surface area is 116 Å². The highest BCUT2D eigenvalue weighted by atomic mass is 19.1. The highest BCUT2D eigenvalue weighted by molar-refractivity contribution is 5.82. The molecule has 20 heavy (non-hydrogen) atoms. The first kappa shape index (κ1) is 14.9. The third kappa shape index (κ3) is 3.98. The Kier molecular flexibility index (Phi) is 5.03. The molecule has 4 N–H and O–H groups in total. The molecule has 0 aromatic heterocycles. The van der Waals surface area contributed by atoms with Crippen molar-refractivity contribution in [1.29, 1.82) is 0 Å². The summed E-state index contributed by atoms with van der Waals surface area (Å²) in [4.78, 5) is 4.10. The summed E-state index contributed by atoms with van der Waals surface area (Å²) < 4.78 is 25.7. The standard InChI is InChI=1S/C10H10F2N2.C4H9NO/c11-7-3-6(4-8(12)5-7)9-1-2-10(13)14-9;6-5-4-2-1-3-4/h3-5,9H,1-2H2,(H2,13,14);4-6H,1-3H2/t9-;/m0./s1.